The van der Waals surface area contributed by atoms with Crippen molar-refractivity contribution in [3.8, 4) is 5.75 Å². The summed E-state index contributed by atoms with van der Waals surface area (Å²) in [6.45, 7) is 0. The van der Waals surface area contributed by atoms with Crippen molar-refractivity contribution in [1.82, 2.24) is 5.32 Å². The maximum Gasteiger partial charge on any atom is 0.471 e. The molecule has 1 aromatic rings. The second-order valence-corrected chi connectivity index (χ2v) is 5.28. The van der Waals surface area contributed by atoms with Crippen molar-refractivity contribution in [1.29, 1.82) is 0 Å². The summed E-state index contributed by atoms with van der Waals surface area (Å²) in [7, 11) is 0. The van der Waals surface area contributed by atoms with E-state index in [-0.39, 0.29) is 5.92 Å². The van der Waals surface area contributed by atoms with Gasteiger partial charge in [-0.25, -0.2) is 0 Å². The highest BCUT2D eigenvalue weighted by molar-refractivity contribution is 5.82. The van der Waals surface area contributed by atoms with E-state index in [0.717, 1.165) is 24.8 Å². The van der Waals surface area contributed by atoms with Crippen LogP contribution in [0.5, 0.6) is 5.75 Å². The SMILES string of the molecule is O=C(NC12CCCCC1c1ccccc1O2)C(F)(F)F. The fraction of sp³-hybridized carbons (Fsp3) is 0.500. The van der Waals surface area contributed by atoms with Crippen LogP contribution < -0.4 is 10.1 Å². The minimum Gasteiger partial charge on any atom is -0.467 e. The van der Waals surface area contributed by atoms with Crippen molar-refractivity contribution in [2.24, 2.45) is 0 Å². The van der Waals surface area contributed by atoms with Crippen LogP contribution in [0.25, 0.3) is 0 Å². The molecule has 0 radical (unpaired) electrons. The lowest BCUT2D eigenvalue weighted by atomic mass is 9.78. The van der Waals surface area contributed by atoms with Crippen molar-refractivity contribution in [3.05, 3.63) is 29.8 Å². The fourth-order valence-corrected chi connectivity index (χ4v) is 3.17. The summed E-state index contributed by atoms with van der Waals surface area (Å²) in [4.78, 5) is 11.3. The van der Waals surface area contributed by atoms with E-state index >= 15 is 0 Å². The summed E-state index contributed by atoms with van der Waals surface area (Å²) in [6.07, 6.45) is -2.12. The predicted molar refractivity (Wildman–Crippen MR) is 65.2 cm³/mol. The number of amides is 1. The van der Waals surface area contributed by atoms with E-state index in [4.69, 9.17) is 4.74 Å². The zero-order chi connectivity index (χ0) is 14.4. The van der Waals surface area contributed by atoms with Crippen molar-refractivity contribution >= 4 is 5.91 Å². The molecule has 1 amide bonds. The summed E-state index contributed by atoms with van der Waals surface area (Å²) in [5.74, 6) is -1.57. The molecule has 0 aromatic heterocycles. The average Bonchev–Trinajstić information content (AvgIpc) is 2.71. The molecule has 3 nitrogen and oxygen atoms in total. The van der Waals surface area contributed by atoms with Gasteiger partial charge < -0.3 is 10.1 Å². The molecular formula is C14H14F3NO2. The number of para-hydroxylation sites is 1. The number of hydrogen-bond donors (Lipinski definition) is 1. The molecule has 1 saturated carbocycles. The molecule has 0 spiro atoms. The monoisotopic (exact) mass is 285 g/mol. The Labute approximate surface area is 114 Å². The molecular weight excluding hydrogens is 271 g/mol. The molecule has 3 rings (SSSR count). The molecule has 0 bridgehead atoms. The Balaban J connectivity index is 1.93. The van der Waals surface area contributed by atoms with E-state index in [0.29, 0.717) is 12.2 Å². The number of benzene rings is 1. The topological polar surface area (TPSA) is 38.3 Å². The molecule has 1 aliphatic carbocycles. The normalized spacial score (nSPS) is 28.2. The van der Waals surface area contributed by atoms with Gasteiger partial charge >= 0.3 is 12.1 Å². The molecule has 1 N–H and O–H groups in total. The Bertz CT molecular complexity index is 543. The van der Waals surface area contributed by atoms with Gasteiger partial charge in [-0.15, -0.1) is 0 Å². The minimum atomic E-state index is -4.89. The van der Waals surface area contributed by atoms with Gasteiger partial charge in [0.1, 0.15) is 5.75 Å². The maximum atomic E-state index is 12.5. The molecule has 2 atom stereocenters. The number of alkyl halides is 3. The predicted octanol–water partition coefficient (Wildman–Crippen LogP) is 3.11. The summed E-state index contributed by atoms with van der Waals surface area (Å²) in [5.41, 5.74) is -0.358. The minimum absolute atomic E-state index is 0.209. The number of rotatable bonds is 1. The molecule has 108 valence electrons. The van der Waals surface area contributed by atoms with E-state index in [1.807, 2.05) is 12.1 Å². The van der Waals surface area contributed by atoms with Crippen LogP contribution in [0, 0.1) is 0 Å². The number of carbonyl (C=O) groups excluding carboxylic acids is 1. The second-order valence-electron chi connectivity index (χ2n) is 5.28. The highest BCUT2D eigenvalue weighted by Crippen LogP contribution is 2.50. The number of nitrogens with one attached hydrogen (secondary N) is 1. The van der Waals surface area contributed by atoms with Crippen LogP contribution in [-0.4, -0.2) is 17.8 Å². The van der Waals surface area contributed by atoms with Crippen LogP contribution >= 0.6 is 0 Å². The van der Waals surface area contributed by atoms with Crippen molar-refractivity contribution in [2.75, 3.05) is 0 Å². The largest absolute Gasteiger partial charge is 0.471 e. The Hall–Kier alpha value is -1.72. The second kappa shape index (κ2) is 4.40. The Morgan fingerprint density at radius 2 is 2.05 bits per heavy atom. The van der Waals surface area contributed by atoms with Gasteiger partial charge in [0.2, 0.25) is 0 Å². The van der Waals surface area contributed by atoms with E-state index in [1.54, 1.807) is 12.1 Å². The van der Waals surface area contributed by atoms with Gasteiger partial charge in [0, 0.05) is 17.9 Å². The lowest BCUT2D eigenvalue weighted by Crippen LogP contribution is -2.58. The molecule has 6 heteroatoms. The highest BCUT2D eigenvalue weighted by atomic mass is 19.4. The number of hydrogen-bond acceptors (Lipinski definition) is 2. The Morgan fingerprint density at radius 3 is 2.80 bits per heavy atom. The van der Waals surface area contributed by atoms with Crippen LogP contribution in [-0.2, 0) is 4.79 Å². The first-order valence-electron chi connectivity index (χ1n) is 6.60. The molecule has 0 saturated heterocycles. The molecule has 1 aromatic carbocycles. The van der Waals surface area contributed by atoms with Gasteiger partial charge in [-0.05, 0) is 18.9 Å². The van der Waals surface area contributed by atoms with Crippen LogP contribution in [0.15, 0.2) is 24.3 Å². The Kier molecular flexibility index (Phi) is 2.92. The maximum absolute atomic E-state index is 12.5. The smallest absolute Gasteiger partial charge is 0.467 e. The van der Waals surface area contributed by atoms with Gasteiger partial charge in [-0.1, -0.05) is 24.6 Å². The van der Waals surface area contributed by atoms with Crippen LogP contribution in [0.3, 0.4) is 0 Å². The molecule has 2 aliphatic rings. The lowest BCUT2D eigenvalue weighted by molar-refractivity contribution is -0.180. The standard InChI is InChI=1S/C14H14F3NO2/c15-14(16,17)12(19)18-13-8-4-3-6-10(13)9-5-1-2-7-11(9)20-13/h1-2,5,7,10H,3-4,6,8H2,(H,18,19). The fourth-order valence-electron chi connectivity index (χ4n) is 3.17. The van der Waals surface area contributed by atoms with Crippen LogP contribution in [0.2, 0.25) is 0 Å². The molecule has 20 heavy (non-hydrogen) atoms. The molecule has 1 fully saturated rings. The zero-order valence-electron chi connectivity index (χ0n) is 10.7. The number of halogens is 3. The highest BCUT2D eigenvalue weighted by Gasteiger charge is 2.53. The van der Waals surface area contributed by atoms with Crippen LogP contribution in [0.1, 0.15) is 37.2 Å². The summed E-state index contributed by atoms with van der Waals surface area (Å²) in [6, 6.07) is 7.19. The van der Waals surface area contributed by atoms with Gasteiger partial charge in [-0.3, -0.25) is 4.79 Å². The van der Waals surface area contributed by atoms with Gasteiger partial charge in [0.05, 0.1) is 0 Å². The van der Waals surface area contributed by atoms with Gasteiger partial charge in [-0.2, -0.15) is 13.2 Å². The third-order valence-corrected chi connectivity index (χ3v) is 4.02. The summed E-state index contributed by atoms with van der Waals surface area (Å²) < 4.78 is 43.3. The number of carbonyl (C=O) groups is 1. The number of ether oxygens (including phenoxy) is 1. The van der Waals surface area contributed by atoms with E-state index in [9.17, 15) is 18.0 Å². The van der Waals surface area contributed by atoms with Crippen molar-refractivity contribution < 1.29 is 22.7 Å². The number of fused-ring (bicyclic) bond motifs is 3. The molecule has 2 unspecified atom stereocenters. The molecule has 1 aliphatic heterocycles. The third-order valence-electron chi connectivity index (χ3n) is 4.02. The first-order chi connectivity index (χ1) is 9.42. The van der Waals surface area contributed by atoms with Crippen LogP contribution in [0.4, 0.5) is 13.2 Å². The molecule has 1 heterocycles. The zero-order valence-corrected chi connectivity index (χ0v) is 10.7. The first-order valence-corrected chi connectivity index (χ1v) is 6.60. The first kappa shape index (κ1) is 13.3. The Morgan fingerprint density at radius 1 is 1.30 bits per heavy atom. The summed E-state index contributed by atoms with van der Waals surface area (Å²) in [5, 5.41) is 2.10. The third kappa shape index (κ3) is 2.03. The average molecular weight is 285 g/mol. The van der Waals surface area contributed by atoms with Crippen molar-refractivity contribution in [3.63, 3.8) is 0 Å². The van der Waals surface area contributed by atoms with E-state index < -0.39 is 17.8 Å². The van der Waals surface area contributed by atoms with Gasteiger partial charge in [0.25, 0.3) is 0 Å². The van der Waals surface area contributed by atoms with Gasteiger partial charge in [0.15, 0.2) is 5.72 Å². The van der Waals surface area contributed by atoms with Crippen molar-refractivity contribution in [2.45, 2.75) is 43.5 Å². The van der Waals surface area contributed by atoms with E-state index in [1.165, 1.54) is 0 Å². The quantitative estimate of drug-likeness (QED) is 0.861. The lowest BCUT2D eigenvalue weighted by Gasteiger charge is -2.38. The van der Waals surface area contributed by atoms with E-state index in [2.05, 4.69) is 5.32 Å². The summed E-state index contributed by atoms with van der Waals surface area (Å²) >= 11 is 0.